The van der Waals surface area contributed by atoms with Gasteiger partial charge in [-0.15, -0.1) is 0 Å². The molecule has 0 atom stereocenters. The number of Topliss-reactive ketones (excluding diaryl/α,β-unsaturated/α-hetero) is 1. The lowest BCUT2D eigenvalue weighted by Crippen LogP contribution is -1.91. The van der Waals surface area contributed by atoms with E-state index in [1.165, 1.54) is 11.1 Å². The van der Waals surface area contributed by atoms with E-state index in [4.69, 9.17) is 0 Å². The zero-order chi connectivity index (χ0) is 9.97. The van der Waals surface area contributed by atoms with Gasteiger partial charge >= 0.3 is 0 Å². The van der Waals surface area contributed by atoms with E-state index in [-0.39, 0.29) is 5.78 Å². The van der Waals surface area contributed by atoms with Gasteiger partial charge in [0.2, 0.25) is 0 Å². The maximum atomic E-state index is 11.5. The third-order valence-corrected chi connectivity index (χ3v) is 2.73. The first-order valence-corrected chi connectivity index (χ1v) is 5.38. The Balaban J connectivity index is 2.44. The highest BCUT2D eigenvalue weighted by atomic mass is 32.1. The SMILES string of the molecule is O=C1CCc2c(C=CCS)cccc21. The first-order chi connectivity index (χ1) is 6.83. The molecule has 1 aliphatic carbocycles. The quantitative estimate of drug-likeness (QED) is 0.733. The molecule has 1 aliphatic rings. The van der Waals surface area contributed by atoms with Crippen LogP contribution in [0.15, 0.2) is 24.3 Å². The monoisotopic (exact) mass is 204 g/mol. The van der Waals surface area contributed by atoms with Gasteiger partial charge in [0.05, 0.1) is 0 Å². The summed E-state index contributed by atoms with van der Waals surface area (Å²) in [5.74, 6) is 1.01. The second-order valence-electron chi connectivity index (χ2n) is 3.38. The Morgan fingerprint density at radius 1 is 1.36 bits per heavy atom. The molecule has 0 radical (unpaired) electrons. The van der Waals surface area contributed by atoms with Gasteiger partial charge in [-0.25, -0.2) is 0 Å². The summed E-state index contributed by atoms with van der Waals surface area (Å²) in [6.07, 6.45) is 5.61. The molecule has 0 saturated carbocycles. The van der Waals surface area contributed by atoms with Crippen molar-refractivity contribution in [3.63, 3.8) is 0 Å². The van der Waals surface area contributed by atoms with Gasteiger partial charge in [-0.05, 0) is 17.5 Å². The summed E-state index contributed by atoms with van der Waals surface area (Å²) in [4.78, 5) is 11.5. The number of ketones is 1. The lowest BCUT2D eigenvalue weighted by Gasteiger charge is -2.01. The van der Waals surface area contributed by atoms with Crippen LogP contribution in [0.3, 0.4) is 0 Å². The molecule has 0 amide bonds. The van der Waals surface area contributed by atoms with Crippen LogP contribution in [0.2, 0.25) is 0 Å². The largest absolute Gasteiger partial charge is 0.294 e. The highest BCUT2D eigenvalue weighted by Gasteiger charge is 2.20. The van der Waals surface area contributed by atoms with Crippen molar-refractivity contribution in [2.75, 3.05) is 5.75 Å². The second-order valence-corrected chi connectivity index (χ2v) is 3.75. The van der Waals surface area contributed by atoms with Crippen molar-refractivity contribution in [2.24, 2.45) is 0 Å². The molecule has 1 nitrogen and oxygen atoms in total. The van der Waals surface area contributed by atoms with E-state index in [9.17, 15) is 4.79 Å². The Hall–Kier alpha value is -1.02. The molecule has 0 bridgehead atoms. The Bertz CT molecular complexity index is 393. The van der Waals surface area contributed by atoms with Crippen molar-refractivity contribution in [3.8, 4) is 0 Å². The molecule has 0 N–H and O–H groups in total. The van der Waals surface area contributed by atoms with Crippen molar-refractivity contribution < 1.29 is 4.79 Å². The number of thiol groups is 1. The van der Waals surface area contributed by atoms with Gasteiger partial charge in [-0.1, -0.05) is 30.4 Å². The molecule has 0 aromatic heterocycles. The minimum absolute atomic E-state index is 0.279. The second kappa shape index (κ2) is 4.01. The molecule has 0 aliphatic heterocycles. The van der Waals surface area contributed by atoms with Crippen LogP contribution in [-0.2, 0) is 6.42 Å². The van der Waals surface area contributed by atoms with Crippen LogP contribution in [-0.4, -0.2) is 11.5 Å². The van der Waals surface area contributed by atoms with Crippen LogP contribution in [0.4, 0.5) is 0 Å². The molecule has 1 aromatic carbocycles. The first kappa shape index (κ1) is 9.53. The molecule has 0 fully saturated rings. The average Bonchev–Trinajstić information content (AvgIpc) is 2.58. The van der Waals surface area contributed by atoms with E-state index >= 15 is 0 Å². The molecule has 0 heterocycles. The molecule has 1 aromatic rings. The van der Waals surface area contributed by atoms with Crippen molar-refractivity contribution in [1.82, 2.24) is 0 Å². The number of rotatable bonds is 2. The first-order valence-electron chi connectivity index (χ1n) is 4.75. The van der Waals surface area contributed by atoms with E-state index in [1.807, 2.05) is 24.3 Å². The Morgan fingerprint density at radius 3 is 3.00 bits per heavy atom. The molecule has 72 valence electrons. The third-order valence-electron chi connectivity index (χ3n) is 2.52. The molecule has 14 heavy (non-hydrogen) atoms. The molecule has 0 spiro atoms. The molecule has 0 saturated heterocycles. The normalized spacial score (nSPS) is 15.1. The Morgan fingerprint density at radius 2 is 2.21 bits per heavy atom. The molecular formula is C12H12OS. The fraction of sp³-hybridized carbons (Fsp3) is 0.250. The minimum Gasteiger partial charge on any atom is -0.294 e. The summed E-state index contributed by atoms with van der Waals surface area (Å²) in [5, 5.41) is 0. The van der Waals surface area contributed by atoms with Crippen LogP contribution in [0, 0.1) is 0 Å². The topological polar surface area (TPSA) is 17.1 Å². The van der Waals surface area contributed by atoms with Gasteiger partial charge in [-0.2, -0.15) is 12.6 Å². The van der Waals surface area contributed by atoms with Gasteiger partial charge in [-0.3, -0.25) is 4.79 Å². The number of fused-ring (bicyclic) bond motifs is 1. The Labute approximate surface area is 89.2 Å². The maximum Gasteiger partial charge on any atom is 0.163 e. The van der Waals surface area contributed by atoms with Crippen molar-refractivity contribution in [3.05, 3.63) is 41.0 Å². The number of hydrogen-bond acceptors (Lipinski definition) is 2. The van der Waals surface area contributed by atoms with E-state index in [2.05, 4.69) is 18.7 Å². The van der Waals surface area contributed by atoms with Crippen molar-refractivity contribution in [1.29, 1.82) is 0 Å². The van der Waals surface area contributed by atoms with Crippen LogP contribution in [0.5, 0.6) is 0 Å². The lowest BCUT2D eigenvalue weighted by molar-refractivity contribution is 0.0994. The van der Waals surface area contributed by atoms with Crippen LogP contribution in [0.25, 0.3) is 6.08 Å². The fourth-order valence-corrected chi connectivity index (χ4v) is 1.96. The van der Waals surface area contributed by atoms with E-state index < -0.39 is 0 Å². The van der Waals surface area contributed by atoms with E-state index in [0.29, 0.717) is 6.42 Å². The highest BCUT2D eigenvalue weighted by molar-refractivity contribution is 7.80. The summed E-state index contributed by atoms with van der Waals surface area (Å²) in [5.41, 5.74) is 3.28. The molecule has 2 heteroatoms. The summed E-state index contributed by atoms with van der Waals surface area (Å²) in [7, 11) is 0. The van der Waals surface area contributed by atoms with Crippen LogP contribution >= 0.6 is 12.6 Å². The minimum atomic E-state index is 0.279. The lowest BCUT2D eigenvalue weighted by atomic mass is 10.0. The molecule has 2 rings (SSSR count). The number of benzene rings is 1. The van der Waals surface area contributed by atoms with E-state index in [1.54, 1.807) is 0 Å². The van der Waals surface area contributed by atoms with Gasteiger partial charge in [0.15, 0.2) is 5.78 Å². The summed E-state index contributed by atoms with van der Waals surface area (Å²) in [6.45, 7) is 0. The predicted molar refractivity (Wildman–Crippen MR) is 62.0 cm³/mol. The summed E-state index contributed by atoms with van der Waals surface area (Å²) in [6, 6.07) is 5.92. The smallest absolute Gasteiger partial charge is 0.163 e. The zero-order valence-electron chi connectivity index (χ0n) is 7.86. The number of carbonyl (C=O) groups is 1. The van der Waals surface area contributed by atoms with E-state index in [0.717, 1.165) is 17.7 Å². The third kappa shape index (κ3) is 1.62. The van der Waals surface area contributed by atoms with Crippen molar-refractivity contribution in [2.45, 2.75) is 12.8 Å². The van der Waals surface area contributed by atoms with Crippen LogP contribution < -0.4 is 0 Å². The van der Waals surface area contributed by atoms with Gasteiger partial charge in [0, 0.05) is 17.7 Å². The molecular weight excluding hydrogens is 192 g/mol. The number of carbonyl (C=O) groups excluding carboxylic acids is 1. The predicted octanol–water partition coefficient (Wildman–Crippen LogP) is 2.76. The fourth-order valence-electron chi connectivity index (χ4n) is 1.85. The van der Waals surface area contributed by atoms with Crippen LogP contribution in [0.1, 0.15) is 27.9 Å². The van der Waals surface area contributed by atoms with Gasteiger partial charge in [0.1, 0.15) is 0 Å². The number of hydrogen-bond donors (Lipinski definition) is 1. The highest BCUT2D eigenvalue weighted by Crippen LogP contribution is 2.25. The standard InChI is InChI=1S/C12H12OS/c13-12-7-6-10-9(4-2-8-14)3-1-5-11(10)12/h1-5,14H,6-8H2. The maximum absolute atomic E-state index is 11.5. The van der Waals surface area contributed by atoms with Crippen molar-refractivity contribution >= 4 is 24.5 Å². The molecule has 0 unspecified atom stereocenters. The summed E-state index contributed by atoms with van der Waals surface area (Å²) >= 11 is 4.12. The van der Waals surface area contributed by atoms with Gasteiger partial charge in [0.25, 0.3) is 0 Å². The Kier molecular flexibility index (Phi) is 2.73. The zero-order valence-corrected chi connectivity index (χ0v) is 8.76. The van der Waals surface area contributed by atoms with Gasteiger partial charge < -0.3 is 0 Å². The summed E-state index contributed by atoms with van der Waals surface area (Å²) < 4.78 is 0. The average molecular weight is 204 g/mol.